The van der Waals surface area contributed by atoms with Gasteiger partial charge >= 0.3 is 0 Å². The highest BCUT2D eigenvalue weighted by Gasteiger charge is 2.29. The lowest BCUT2D eigenvalue weighted by molar-refractivity contribution is 0.336. The molecule has 2 unspecified atom stereocenters. The third-order valence-electron chi connectivity index (χ3n) is 3.93. The van der Waals surface area contributed by atoms with Gasteiger partial charge in [-0.2, -0.15) is 0 Å². The number of thioether (sulfide) groups is 1. The highest BCUT2D eigenvalue weighted by Crippen LogP contribution is 2.35. The molecule has 3 rings (SSSR count). The van der Waals surface area contributed by atoms with Gasteiger partial charge in [0.15, 0.2) is 5.17 Å². The Bertz CT molecular complexity index is 475. The van der Waals surface area contributed by atoms with Crippen molar-refractivity contribution in [2.24, 2.45) is 10.9 Å². The molecule has 4 heteroatoms. The van der Waals surface area contributed by atoms with Crippen LogP contribution < -0.4 is 10.1 Å². The van der Waals surface area contributed by atoms with E-state index < -0.39 is 0 Å². The molecular formula is C15H20N2OS. The number of hydrogen-bond donors (Lipinski definition) is 1. The summed E-state index contributed by atoms with van der Waals surface area (Å²) in [6.45, 7) is 0. The van der Waals surface area contributed by atoms with Gasteiger partial charge in [-0.1, -0.05) is 36.7 Å². The first kappa shape index (κ1) is 12.9. The van der Waals surface area contributed by atoms with Crippen LogP contribution in [0.5, 0.6) is 5.75 Å². The van der Waals surface area contributed by atoms with E-state index in [2.05, 4.69) is 5.32 Å². The Balaban J connectivity index is 1.74. The predicted octanol–water partition coefficient (Wildman–Crippen LogP) is 3.77. The third kappa shape index (κ3) is 2.89. The molecule has 0 aromatic heterocycles. The van der Waals surface area contributed by atoms with Crippen molar-refractivity contribution in [2.75, 3.05) is 18.2 Å². The third-order valence-corrected chi connectivity index (χ3v) is 5.01. The van der Waals surface area contributed by atoms with Crippen molar-refractivity contribution >= 4 is 22.6 Å². The van der Waals surface area contributed by atoms with Crippen LogP contribution in [-0.4, -0.2) is 24.1 Å². The van der Waals surface area contributed by atoms with E-state index >= 15 is 0 Å². The van der Waals surface area contributed by atoms with Crippen molar-refractivity contribution in [1.29, 1.82) is 0 Å². The van der Waals surface area contributed by atoms with Crippen molar-refractivity contribution in [2.45, 2.75) is 31.7 Å². The van der Waals surface area contributed by atoms with Crippen LogP contribution in [0.25, 0.3) is 0 Å². The van der Waals surface area contributed by atoms with Gasteiger partial charge in [0.05, 0.1) is 18.8 Å². The Morgan fingerprint density at radius 2 is 2.11 bits per heavy atom. The zero-order chi connectivity index (χ0) is 13.1. The Kier molecular flexibility index (Phi) is 3.97. The average Bonchev–Trinajstić information content (AvgIpc) is 2.48. The number of hydrogen-bond acceptors (Lipinski definition) is 4. The number of anilines is 1. The van der Waals surface area contributed by atoms with Gasteiger partial charge in [-0.05, 0) is 30.9 Å². The van der Waals surface area contributed by atoms with E-state index in [0.29, 0.717) is 6.04 Å². The number of rotatable bonds is 2. The molecule has 1 heterocycles. The number of aliphatic imine (C=N–C) groups is 1. The van der Waals surface area contributed by atoms with Crippen LogP contribution in [0.3, 0.4) is 0 Å². The Hall–Kier alpha value is -1.16. The van der Waals surface area contributed by atoms with Gasteiger partial charge in [-0.15, -0.1) is 0 Å². The highest BCUT2D eigenvalue weighted by molar-refractivity contribution is 8.14. The van der Waals surface area contributed by atoms with E-state index in [1.165, 1.54) is 31.4 Å². The Morgan fingerprint density at radius 1 is 1.26 bits per heavy atom. The topological polar surface area (TPSA) is 33.6 Å². The van der Waals surface area contributed by atoms with Crippen molar-refractivity contribution in [3.63, 3.8) is 0 Å². The summed E-state index contributed by atoms with van der Waals surface area (Å²) in [6, 6.07) is 8.54. The fraction of sp³-hybridized carbons (Fsp3) is 0.533. The fourth-order valence-electron chi connectivity index (χ4n) is 2.86. The Morgan fingerprint density at radius 3 is 3.00 bits per heavy atom. The maximum atomic E-state index is 5.37. The summed E-state index contributed by atoms with van der Waals surface area (Å²) in [5.74, 6) is 2.87. The number of amidine groups is 1. The molecule has 0 amide bonds. The molecule has 0 spiro atoms. The molecule has 1 saturated carbocycles. The molecule has 2 aliphatic rings. The minimum absolute atomic E-state index is 0.534. The summed E-state index contributed by atoms with van der Waals surface area (Å²) in [5.41, 5.74) is 1.01. The average molecular weight is 276 g/mol. The van der Waals surface area contributed by atoms with Crippen LogP contribution in [0.2, 0.25) is 0 Å². The first-order valence-electron chi connectivity index (χ1n) is 6.97. The summed E-state index contributed by atoms with van der Waals surface area (Å²) >= 11 is 1.85. The van der Waals surface area contributed by atoms with Crippen LogP contribution in [0.15, 0.2) is 29.3 Å². The smallest absolute Gasteiger partial charge is 0.161 e. The summed E-state index contributed by atoms with van der Waals surface area (Å²) in [7, 11) is 1.70. The molecule has 1 aromatic carbocycles. The summed E-state index contributed by atoms with van der Waals surface area (Å²) in [6.07, 6.45) is 5.31. The summed E-state index contributed by atoms with van der Waals surface area (Å²) in [5, 5.41) is 4.47. The molecule has 102 valence electrons. The molecule has 0 bridgehead atoms. The molecule has 1 aromatic rings. The number of nitrogens with zero attached hydrogens (tertiary/aromatic N) is 1. The predicted molar refractivity (Wildman–Crippen MR) is 82.3 cm³/mol. The highest BCUT2D eigenvalue weighted by atomic mass is 32.2. The van der Waals surface area contributed by atoms with Crippen LogP contribution in [0.4, 0.5) is 5.69 Å². The summed E-state index contributed by atoms with van der Waals surface area (Å²) in [4.78, 5) is 4.89. The molecule has 1 aliphatic heterocycles. The second kappa shape index (κ2) is 5.87. The quantitative estimate of drug-likeness (QED) is 0.892. The van der Waals surface area contributed by atoms with E-state index in [9.17, 15) is 0 Å². The SMILES string of the molecule is COc1ccccc1NC1=NC2CCCCC2CS1. The van der Waals surface area contributed by atoms with Gasteiger partial charge < -0.3 is 10.1 Å². The minimum Gasteiger partial charge on any atom is -0.495 e. The van der Waals surface area contributed by atoms with Gasteiger partial charge in [0.1, 0.15) is 5.75 Å². The van der Waals surface area contributed by atoms with Gasteiger partial charge in [0.25, 0.3) is 0 Å². The Labute approximate surface area is 118 Å². The second-order valence-corrected chi connectivity index (χ2v) is 6.19. The zero-order valence-electron chi connectivity index (χ0n) is 11.3. The van der Waals surface area contributed by atoms with Crippen LogP contribution in [0.1, 0.15) is 25.7 Å². The fourth-order valence-corrected chi connectivity index (χ4v) is 4.01. The number of ether oxygens (including phenoxy) is 1. The molecule has 0 radical (unpaired) electrons. The van der Waals surface area contributed by atoms with E-state index in [1.807, 2.05) is 36.0 Å². The normalized spacial score (nSPS) is 26.3. The largest absolute Gasteiger partial charge is 0.495 e. The lowest BCUT2D eigenvalue weighted by Gasteiger charge is -2.32. The number of nitrogens with one attached hydrogen (secondary N) is 1. The van der Waals surface area contributed by atoms with E-state index in [0.717, 1.165) is 22.5 Å². The molecule has 3 nitrogen and oxygen atoms in total. The molecule has 1 N–H and O–H groups in total. The van der Waals surface area contributed by atoms with E-state index in [-0.39, 0.29) is 0 Å². The molecule has 19 heavy (non-hydrogen) atoms. The number of fused-ring (bicyclic) bond motifs is 1. The maximum absolute atomic E-state index is 5.37. The van der Waals surface area contributed by atoms with Gasteiger partial charge in [-0.25, -0.2) is 0 Å². The van der Waals surface area contributed by atoms with Crippen LogP contribution >= 0.6 is 11.8 Å². The molecular weight excluding hydrogens is 256 g/mol. The van der Waals surface area contributed by atoms with Gasteiger partial charge in [-0.3, -0.25) is 4.99 Å². The van der Waals surface area contributed by atoms with E-state index in [4.69, 9.17) is 9.73 Å². The van der Waals surface area contributed by atoms with Crippen LogP contribution in [-0.2, 0) is 0 Å². The zero-order valence-corrected chi connectivity index (χ0v) is 12.1. The standard InChI is InChI=1S/C15H20N2OS/c1-18-14-9-5-4-8-13(14)17-15-16-12-7-3-2-6-11(12)10-19-15/h4-5,8-9,11-12H,2-3,6-7,10H2,1H3,(H,16,17). The van der Waals surface area contributed by atoms with Crippen molar-refractivity contribution in [3.8, 4) is 5.75 Å². The molecule has 0 saturated heterocycles. The minimum atomic E-state index is 0.534. The van der Waals surface area contributed by atoms with E-state index in [1.54, 1.807) is 7.11 Å². The van der Waals surface area contributed by atoms with Crippen LogP contribution in [0, 0.1) is 5.92 Å². The number of methoxy groups -OCH3 is 1. The lowest BCUT2D eigenvalue weighted by Crippen LogP contribution is -2.31. The van der Waals surface area contributed by atoms with Gasteiger partial charge in [0.2, 0.25) is 0 Å². The second-order valence-electron chi connectivity index (χ2n) is 5.18. The molecule has 1 fully saturated rings. The van der Waals surface area contributed by atoms with Crippen molar-refractivity contribution < 1.29 is 4.74 Å². The van der Waals surface area contributed by atoms with Gasteiger partial charge in [0, 0.05) is 5.75 Å². The number of benzene rings is 1. The lowest BCUT2D eigenvalue weighted by atomic mass is 9.86. The monoisotopic (exact) mass is 276 g/mol. The summed E-state index contributed by atoms with van der Waals surface area (Å²) < 4.78 is 5.37. The first-order chi connectivity index (χ1) is 9.36. The van der Waals surface area contributed by atoms with Crippen molar-refractivity contribution in [3.05, 3.63) is 24.3 Å². The first-order valence-corrected chi connectivity index (χ1v) is 7.96. The molecule has 1 aliphatic carbocycles. The number of para-hydroxylation sites is 2. The maximum Gasteiger partial charge on any atom is 0.161 e. The van der Waals surface area contributed by atoms with Crippen molar-refractivity contribution in [1.82, 2.24) is 0 Å². The molecule has 2 atom stereocenters.